The molecule has 2 rings (SSSR count). The smallest absolute Gasteiger partial charge is 0.210 e. The number of allylic oxidation sites excluding steroid dienone is 4. The summed E-state index contributed by atoms with van der Waals surface area (Å²) in [5, 5.41) is 9.80. The summed E-state index contributed by atoms with van der Waals surface area (Å²) < 4.78 is 0. The predicted molar refractivity (Wildman–Crippen MR) is 72.0 cm³/mol. The van der Waals surface area contributed by atoms with Crippen molar-refractivity contribution in [2.24, 2.45) is 5.73 Å². The Labute approximate surface area is 111 Å². The first-order valence-electron chi connectivity index (χ1n) is 6.07. The van der Waals surface area contributed by atoms with Gasteiger partial charge in [-0.2, -0.15) is 0 Å². The van der Waals surface area contributed by atoms with E-state index in [1.165, 1.54) is 18.2 Å². The van der Waals surface area contributed by atoms with Crippen LogP contribution in [0.1, 0.15) is 41.0 Å². The second-order valence-electron chi connectivity index (χ2n) is 4.44. The maximum atomic E-state index is 12.4. The van der Waals surface area contributed by atoms with Crippen molar-refractivity contribution >= 4 is 11.6 Å². The number of ketones is 2. The fraction of sp³-hybridized carbons (Fsp3) is 0.200. The van der Waals surface area contributed by atoms with Gasteiger partial charge in [0, 0.05) is 5.56 Å². The average molecular weight is 257 g/mol. The molecule has 0 bridgehead atoms. The molecule has 4 nitrogen and oxygen atoms in total. The maximum absolute atomic E-state index is 12.4. The molecule has 0 unspecified atom stereocenters. The molecule has 0 fully saturated rings. The minimum atomic E-state index is -0.413. The molecule has 0 aromatic heterocycles. The van der Waals surface area contributed by atoms with Crippen molar-refractivity contribution in [1.29, 1.82) is 0 Å². The van der Waals surface area contributed by atoms with E-state index in [0.29, 0.717) is 5.57 Å². The molecule has 0 heterocycles. The quantitative estimate of drug-likeness (QED) is 0.852. The minimum Gasteiger partial charge on any atom is -0.507 e. The van der Waals surface area contributed by atoms with Crippen molar-refractivity contribution in [2.45, 2.75) is 20.3 Å². The lowest BCUT2D eigenvalue weighted by Crippen LogP contribution is -2.27. The molecule has 19 heavy (non-hydrogen) atoms. The third-order valence-electron chi connectivity index (χ3n) is 3.16. The van der Waals surface area contributed by atoms with Crippen LogP contribution < -0.4 is 5.73 Å². The zero-order valence-electron chi connectivity index (χ0n) is 10.9. The van der Waals surface area contributed by atoms with Gasteiger partial charge in [-0.05, 0) is 31.1 Å². The van der Waals surface area contributed by atoms with Crippen molar-refractivity contribution in [2.75, 3.05) is 0 Å². The SMILES string of the molecule is CCC=C(C)C1=C(N)C(=O)c2cccc(O)c2C1=O. The standard InChI is InChI=1S/C15H15NO3/c1-3-5-8(2)11-13(16)14(18)9-6-4-7-10(17)12(9)15(11)19/h4-7,17H,3,16H2,1-2H3. The zero-order valence-corrected chi connectivity index (χ0v) is 10.9. The first-order chi connectivity index (χ1) is 8.99. The van der Waals surface area contributed by atoms with Gasteiger partial charge in [0.1, 0.15) is 5.75 Å². The normalized spacial score (nSPS) is 15.8. The summed E-state index contributed by atoms with van der Waals surface area (Å²) in [5.74, 6) is -0.998. The molecule has 0 radical (unpaired) electrons. The Balaban J connectivity index is 2.70. The van der Waals surface area contributed by atoms with Crippen molar-refractivity contribution in [3.63, 3.8) is 0 Å². The minimum absolute atomic E-state index is 0.0422. The number of hydrogen-bond acceptors (Lipinski definition) is 4. The fourth-order valence-corrected chi connectivity index (χ4v) is 2.27. The Kier molecular flexibility index (Phi) is 3.25. The highest BCUT2D eigenvalue weighted by Crippen LogP contribution is 2.33. The molecule has 0 spiro atoms. The van der Waals surface area contributed by atoms with Gasteiger partial charge < -0.3 is 10.8 Å². The van der Waals surface area contributed by atoms with E-state index in [-0.39, 0.29) is 28.1 Å². The van der Waals surface area contributed by atoms with Crippen LogP contribution in [0.2, 0.25) is 0 Å². The summed E-state index contributed by atoms with van der Waals surface area (Å²) in [4.78, 5) is 24.6. The summed E-state index contributed by atoms with van der Waals surface area (Å²) in [6, 6.07) is 4.41. The lowest BCUT2D eigenvalue weighted by Gasteiger charge is -2.19. The number of carbonyl (C=O) groups is 2. The second-order valence-corrected chi connectivity index (χ2v) is 4.44. The summed E-state index contributed by atoms with van der Waals surface area (Å²) in [5.41, 5.74) is 6.80. The molecule has 0 saturated carbocycles. The molecule has 3 N–H and O–H groups in total. The maximum Gasteiger partial charge on any atom is 0.210 e. The van der Waals surface area contributed by atoms with Crippen LogP contribution >= 0.6 is 0 Å². The summed E-state index contributed by atoms with van der Waals surface area (Å²) in [6.07, 6.45) is 2.57. The van der Waals surface area contributed by atoms with E-state index in [0.717, 1.165) is 6.42 Å². The van der Waals surface area contributed by atoms with Crippen molar-refractivity contribution in [1.82, 2.24) is 0 Å². The molecule has 1 aromatic rings. The Morgan fingerprint density at radius 1 is 1.32 bits per heavy atom. The number of hydrogen-bond donors (Lipinski definition) is 2. The van der Waals surface area contributed by atoms with Crippen LogP contribution in [0.3, 0.4) is 0 Å². The fourth-order valence-electron chi connectivity index (χ4n) is 2.27. The number of phenolic OH excluding ortho intramolecular Hbond substituents is 1. The Morgan fingerprint density at radius 3 is 2.63 bits per heavy atom. The molecule has 1 aliphatic carbocycles. The number of fused-ring (bicyclic) bond motifs is 1. The Hall–Kier alpha value is -2.36. The number of carbonyl (C=O) groups excluding carboxylic acids is 2. The molecule has 1 aliphatic rings. The highest BCUT2D eigenvalue weighted by Gasteiger charge is 2.33. The van der Waals surface area contributed by atoms with E-state index in [4.69, 9.17) is 5.73 Å². The monoisotopic (exact) mass is 257 g/mol. The van der Waals surface area contributed by atoms with Crippen LogP contribution in [-0.2, 0) is 0 Å². The van der Waals surface area contributed by atoms with E-state index >= 15 is 0 Å². The van der Waals surface area contributed by atoms with Crippen LogP contribution in [0.25, 0.3) is 0 Å². The van der Waals surface area contributed by atoms with Crippen molar-refractivity contribution < 1.29 is 14.7 Å². The van der Waals surface area contributed by atoms with Crippen LogP contribution in [0.4, 0.5) is 0 Å². The predicted octanol–water partition coefficient (Wildman–Crippen LogP) is 2.34. The number of aromatic hydroxyl groups is 1. The third kappa shape index (κ3) is 1.95. The van der Waals surface area contributed by atoms with Crippen LogP contribution in [0.15, 0.2) is 41.1 Å². The lowest BCUT2D eigenvalue weighted by molar-refractivity contribution is 0.0973. The lowest BCUT2D eigenvalue weighted by atomic mass is 9.83. The van der Waals surface area contributed by atoms with E-state index in [9.17, 15) is 14.7 Å². The van der Waals surface area contributed by atoms with Gasteiger partial charge in [-0.25, -0.2) is 0 Å². The van der Waals surface area contributed by atoms with Crippen molar-refractivity contribution in [3.8, 4) is 5.75 Å². The first kappa shape index (κ1) is 13.1. The summed E-state index contributed by atoms with van der Waals surface area (Å²) in [6.45, 7) is 3.67. The van der Waals surface area contributed by atoms with Gasteiger partial charge in [0.05, 0.1) is 16.8 Å². The molecule has 0 aliphatic heterocycles. The van der Waals surface area contributed by atoms with Gasteiger partial charge in [-0.3, -0.25) is 9.59 Å². The highest BCUT2D eigenvalue weighted by molar-refractivity contribution is 6.29. The third-order valence-corrected chi connectivity index (χ3v) is 3.16. The molecule has 0 amide bonds. The van der Waals surface area contributed by atoms with Gasteiger partial charge in [0.15, 0.2) is 5.78 Å². The molecule has 0 atom stereocenters. The molecule has 0 saturated heterocycles. The van der Waals surface area contributed by atoms with Gasteiger partial charge in [0.25, 0.3) is 0 Å². The topological polar surface area (TPSA) is 80.4 Å². The summed E-state index contributed by atoms with van der Waals surface area (Å²) >= 11 is 0. The van der Waals surface area contributed by atoms with E-state index in [1.807, 2.05) is 13.0 Å². The zero-order chi connectivity index (χ0) is 14.2. The number of rotatable bonds is 2. The first-order valence-corrected chi connectivity index (χ1v) is 6.07. The molecule has 98 valence electrons. The Bertz CT molecular complexity index is 639. The number of nitrogens with two attached hydrogens (primary N) is 1. The highest BCUT2D eigenvalue weighted by atomic mass is 16.3. The van der Waals surface area contributed by atoms with Crippen LogP contribution in [0, 0.1) is 0 Å². The van der Waals surface area contributed by atoms with Crippen molar-refractivity contribution in [3.05, 3.63) is 52.2 Å². The van der Waals surface area contributed by atoms with Crippen LogP contribution in [-0.4, -0.2) is 16.7 Å². The van der Waals surface area contributed by atoms with Gasteiger partial charge in [-0.15, -0.1) is 0 Å². The van der Waals surface area contributed by atoms with Gasteiger partial charge in [0.2, 0.25) is 5.78 Å². The Morgan fingerprint density at radius 2 is 2.00 bits per heavy atom. The number of benzene rings is 1. The molecular weight excluding hydrogens is 242 g/mol. The van der Waals surface area contributed by atoms with E-state index < -0.39 is 11.6 Å². The second kappa shape index (κ2) is 4.72. The van der Waals surface area contributed by atoms with Gasteiger partial charge >= 0.3 is 0 Å². The molecular formula is C15H15NO3. The molecule has 4 heteroatoms. The van der Waals surface area contributed by atoms with Crippen LogP contribution in [0.5, 0.6) is 5.75 Å². The molecule has 1 aromatic carbocycles. The van der Waals surface area contributed by atoms with E-state index in [1.54, 1.807) is 6.92 Å². The van der Waals surface area contributed by atoms with E-state index in [2.05, 4.69) is 0 Å². The van der Waals surface area contributed by atoms with Gasteiger partial charge in [-0.1, -0.05) is 19.1 Å². The number of Topliss-reactive ketones (excluding diaryl/α,β-unsaturated/α-hetero) is 2. The average Bonchev–Trinajstić information content (AvgIpc) is 2.36. The number of phenols is 1. The largest absolute Gasteiger partial charge is 0.507 e. The summed E-state index contributed by atoms with van der Waals surface area (Å²) in [7, 11) is 0.